The zero-order valence-electron chi connectivity index (χ0n) is 15.1. The van der Waals surface area contributed by atoms with Crippen molar-refractivity contribution in [2.75, 3.05) is 19.5 Å². The number of carbonyl (C=O) groups excluding carboxylic acids is 1. The summed E-state index contributed by atoms with van der Waals surface area (Å²) >= 11 is 0. The number of amides is 1. The smallest absolute Gasteiger partial charge is 0.257 e. The molecule has 0 saturated heterocycles. The van der Waals surface area contributed by atoms with Crippen molar-refractivity contribution in [2.24, 2.45) is 0 Å². The van der Waals surface area contributed by atoms with E-state index in [1.165, 1.54) is 23.8 Å². The Morgan fingerprint density at radius 1 is 1.00 bits per heavy atom. The molecule has 0 saturated carbocycles. The largest absolute Gasteiger partial charge is 0.497 e. The van der Waals surface area contributed by atoms with Crippen LogP contribution in [0.4, 0.5) is 5.69 Å². The molecule has 0 bridgehead atoms. The topological polar surface area (TPSA) is 69.6 Å². The maximum absolute atomic E-state index is 12.7. The molecule has 138 valence electrons. The highest BCUT2D eigenvalue weighted by atomic mass is 16.5. The summed E-state index contributed by atoms with van der Waals surface area (Å²) in [5, 5.41) is 2.80. The quantitative estimate of drug-likeness (QED) is 0.729. The van der Waals surface area contributed by atoms with E-state index in [4.69, 9.17) is 9.47 Å². The molecule has 1 aromatic heterocycles. The Morgan fingerprint density at radius 3 is 2.48 bits per heavy atom. The summed E-state index contributed by atoms with van der Waals surface area (Å²) in [7, 11) is 3.07. The third-order valence-corrected chi connectivity index (χ3v) is 4.10. The molecule has 0 fully saturated rings. The molecule has 6 nitrogen and oxygen atoms in total. The van der Waals surface area contributed by atoms with Crippen LogP contribution in [0.3, 0.4) is 0 Å². The van der Waals surface area contributed by atoms with Gasteiger partial charge in [0.05, 0.1) is 32.0 Å². The van der Waals surface area contributed by atoms with E-state index in [-0.39, 0.29) is 11.5 Å². The van der Waals surface area contributed by atoms with Crippen LogP contribution in [-0.2, 0) is 6.54 Å². The maximum atomic E-state index is 12.7. The molecule has 1 N–H and O–H groups in total. The van der Waals surface area contributed by atoms with Crippen molar-refractivity contribution in [3.8, 4) is 11.5 Å². The fourth-order valence-corrected chi connectivity index (χ4v) is 2.68. The SMILES string of the molecule is COc1ccc(OC)c(NC(=O)c2ccc(=O)n(Cc3ccccc3)c2)c1. The molecular weight excluding hydrogens is 344 g/mol. The number of rotatable bonds is 6. The number of methoxy groups -OCH3 is 2. The van der Waals surface area contributed by atoms with Crippen molar-refractivity contribution in [1.82, 2.24) is 4.57 Å². The summed E-state index contributed by atoms with van der Waals surface area (Å²) in [6.45, 7) is 0.392. The number of benzene rings is 2. The van der Waals surface area contributed by atoms with Gasteiger partial charge in [-0.1, -0.05) is 30.3 Å². The number of nitrogens with one attached hydrogen (secondary N) is 1. The third kappa shape index (κ3) is 4.36. The lowest BCUT2D eigenvalue weighted by Crippen LogP contribution is -2.22. The van der Waals surface area contributed by atoms with Gasteiger partial charge >= 0.3 is 0 Å². The van der Waals surface area contributed by atoms with Crippen LogP contribution < -0.4 is 20.3 Å². The van der Waals surface area contributed by atoms with Crippen molar-refractivity contribution >= 4 is 11.6 Å². The van der Waals surface area contributed by atoms with Gasteiger partial charge in [0, 0.05) is 18.3 Å². The first-order valence-corrected chi connectivity index (χ1v) is 8.38. The summed E-state index contributed by atoms with van der Waals surface area (Å²) in [6.07, 6.45) is 1.55. The molecule has 0 radical (unpaired) electrons. The molecule has 27 heavy (non-hydrogen) atoms. The van der Waals surface area contributed by atoms with Crippen LogP contribution in [0.5, 0.6) is 11.5 Å². The van der Waals surface area contributed by atoms with E-state index in [1.54, 1.807) is 31.5 Å². The van der Waals surface area contributed by atoms with Gasteiger partial charge in [0.25, 0.3) is 11.5 Å². The predicted molar refractivity (Wildman–Crippen MR) is 104 cm³/mol. The minimum atomic E-state index is -0.344. The number of nitrogens with zero attached hydrogens (tertiary/aromatic N) is 1. The second kappa shape index (κ2) is 8.23. The average Bonchev–Trinajstić information content (AvgIpc) is 2.70. The van der Waals surface area contributed by atoms with Crippen molar-refractivity contribution < 1.29 is 14.3 Å². The van der Waals surface area contributed by atoms with Gasteiger partial charge in [0.15, 0.2) is 0 Å². The van der Waals surface area contributed by atoms with E-state index in [0.29, 0.717) is 29.3 Å². The summed E-state index contributed by atoms with van der Waals surface area (Å²) in [4.78, 5) is 24.8. The van der Waals surface area contributed by atoms with Gasteiger partial charge in [0.2, 0.25) is 0 Å². The number of aromatic nitrogens is 1. The predicted octanol–water partition coefficient (Wildman–Crippen LogP) is 3.17. The Bertz CT molecular complexity index is 997. The summed E-state index contributed by atoms with van der Waals surface area (Å²) in [5.41, 5.74) is 1.67. The number of hydrogen-bond acceptors (Lipinski definition) is 4. The molecule has 1 amide bonds. The van der Waals surface area contributed by atoms with Crippen LogP contribution in [0.2, 0.25) is 0 Å². The van der Waals surface area contributed by atoms with Gasteiger partial charge in [-0.25, -0.2) is 0 Å². The zero-order chi connectivity index (χ0) is 19.2. The minimum Gasteiger partial charge on any atom is -0.497 e. The summed E-state index contributed by atoms with van der Waals surface area (Å²) in [6, 6.07) is 17.6. The first-order chi connectivity index (χ1) is 13.1. The highest BCUT2D eigenvalue weighted by Crippen LogP contribution is 2.29. The molecule has 6 heteroatoms. The van der Waals surface area contributed by atoms with Crippen LogP contribution in [0, 0.1) is 0 Å². The lowest BCUT2D eigenvalue weighted by atomic mass is 10.2. The molecule has 0 spiro atoms. The first-order valence-electron chi connectivity index (χ1n) is 8.38. The fraction of sp³-hybridized carbons (Fsp3) is 0.143. The van der Waals surface area contributed by atoms with Crippen LogP contribution in [-0.4, -0.2) is 24.7 Å². The Hall–Kier alpha value is -3.54. The second-order valence-electron chi connectivity index (χ2n) is 5.89. The molecular formula is C21H20N2O4. The number of hydrogen-bond donors (Lipinski definition) is 1. The Balaban J connectivity index is 1.85. The molecule has 0 atom stereocenters. The molecule has 0 aliphatic carbocycles. The van der Waals surface area contributed by atoms with Crippen LogP contribution >= 0.6 is 0 Å². The summed E-state index contributed by atoms with van der Waals surface area (Å²) < 4.78 is 12.0. The van der Waals surface area contributed by atoms with Gasteiger partial charge in [0.1, 0.15) is 11.5 Å². The van der Waals surface area contributed by atoms with Gasteiger partial charge in [-0.15, -0.1) is 0 Å². The molecule has 0 aliphatic heterocycles. The first kappa shape index (κ1) is 18.3. The van der Waals surface area contributed by atoms with E-state index in [1.807, 2.05) is 30.3 Å². The van der Waals surface area contributed by atoms with Gasteiger partial charge in [-0.3, -0.25) is 9.59 Å². The Kier molecular flexibility index (Phi) is 5.56. The third-order valence-electron chi connectivity index (χ3n) is 4.10. The second-order valence-corrected chi connectivity index (χ2v) is 5.89. The lowest BCUT2D eigenvalue weighted by Gasteiger charge is -2.13. The lowest BCUT2D eigenvalue weighted by molar-refractivity contribution is 0.102. The van der Waals surface area contributed by atoms with E-state index in [9.17, 15) is 9.59 Å². The van der Waals surface area contributed by atoms with Gasteiger partial charge < -0.3 is 19.4 Å². The van der Waals surface area contributed by atoms with Crippen molar-refractivity contribution in [3.05, 3.63) is 88.3 Å². The monoisotopic (exact) mass is 364 g/mol. The number of anilines is 1. The number of ether oxygens (including phenoxy) is 2. The molecule has 1 heterocycles. The zero-order valence-corrected chi connectivity index (χ0v) is 15.1. The van der Waals surface area contributed by atoms with Crippen LogP contribution in [0.25, 0.3) is 0 Å². The molecule has 3 aromatic rings. The molecule has 3 rings (SSSR count). The summed E-state index contributed by atoms with van der Waals surface area (Å²) in [5.74, 6) is 0.769. The van der Waals surface area contributed by atoms with Crippen molar-refractivity contribution in [1.29, 1.82) is 0 Å². The van der Waals surface area contributed by atoms with Gasteiger partial charge in [-0.2, -0.15) is 0 Å². The fourth-order valence-electron chi connectivity index (χ4n) is 2.68. The molecule has 2 aromatic carbocycles. The maximum Gasteiger partial charge on any atom is 0.257 e. The molecule has 0 unspecified atom stereocenters. The number of carbonyl (C=O) groups is 1. The molecule has 0 aliphatic rings. The normalized spacial score (nSPS) is 10.3. The highest BCUT2D eigenvalue weighted by Gasteiger charge is 2.12. The van der Waals surface area contributed by atoms with E-state index in [2.05, 4.69) is 5.32 Å². The van der Waals surface area contributed by atoms with E-state index >= 15 is 0 Å². The van der Waals surface area contributed by atoms with Crippen molar-refractivity contribution in [3.63, 3.8) is 0 Å². The van der Waals surface area contributed by atoms with E-state index < -0.39 is 0 Å². The minimum absolute atomic E-state index is 0.172. The van der Waals surface area contributed by atoms with Crippen LogP contribution in [0.15, 0.2) is 71.7 Å². The Labute approximate surface area is 157 Å². The standard InChI is InChI=1S/C21H20N2O4/c1-26-17-9-10-19(27-2)18(12-17)22-21(25)16-8-11-20(24)23(14-16)13-15-6-4-3-5-7-15/h3-12,14H,13H2,1-2H3,(H,22,25). The number of pyridine rings is 1. The van der Waals surface area contributed by atoms with Crippen molar-refractivity contribution in [2.45, 2.75) is 6.54 Å². The van der Waals surface area contributed by atoms with E-state index in [0.717, 1.165) is 5.56 Å². The van der Waals surface area contributed by atoms with Crippen LogP contribution in [0.1, 0.15) is 15.9 Å². The van der Waals surface area contributed by atoms with Gasteiger partial charge in [-0.05, 0) is 23.8 Å². The highest BCUT2D eigenvalue weighted by molar-refractivity contribution is 6.04. The Morgan fingerprint density at radius 2 is 1.78 bits per heavy atom. The average molecular weight is 364 g/mol.